The number of hydrogen-bond acceptors (Lipinski definition) is 3. The van der Waals surface area contributed by atoms with E-state index in [1.807, 2.05) is 31.7 Å². The SMILES string of the molecule is Cc1cc(C)n(CC(=O)N2CCOC[C@H]2C)n1. The lowest BCUT2D eigenvalue weighted by atomic mass is 10.2. The van der Waals surface area contributed by atoms with Crippen LogP contribution in [0.25, 0.3) is 0 Å². The first kappa shape index (κ1) is 12.1. The van der Waals surface area contributed by atoms with Crippen LogP contribution in [0.5, 0.6) is 0 Å². The fourth-order valence-electron chi connectivity index (χ4n) is 2.15. The zero-order valence-electron chi connectivity index (χ0n) is 10.6. The molecular formula is C12H19N3O2. The second-order valence-corrected chi connectivity index (χ2v) is 4.60. The van der Waals surface area contributed by atoms with Gasteiger partial charge in [0, 0.05) is 12.2 Å². The van der Waals surface area contributed by atoms with Crippen LogP contribution >= 0.6 is 0 Å². The molecule has 1 amide bonds. The summed E-state index contributed by atoms with van der Waals surface area (Å²) in [5, 5.41) is 4.31. The van der Waals surface area contributed by atoms with Crippen molar-refractivity contribution in [3.63, 3.8) is 0 Å². The van der Waals surface area contributed by atoms with E-state index in [0.717, 1.165) is 11.4 Å². The van der Waals surface area contributed by atoms with Gasteiger partial charge in [-0.1, -0.05) is 0 Å². The van der Waals surface area contributed by atoms with E-state index in [0.29, 0.717) is 26.3 Å². The molecular weight excluding hydrogens is 218 g/mol. The number of aromatic nitrogens is 2. The fraction of sp³-hybridized carbons (Fsp3) is 0.667. The Morgan fingerprint density at radius 2 is 2.35 bits per heavy atom. The Morgan fingerprint density at radius 3 is 2.94 bits per heavy atom. The number of carbonyl (C=O) groups is 1. The lowest BCUT2D eigenvalue weighted by Crippen LogP contribution is -2.48. The molecule has 0 radical (unpaired) electrons. The van der Waals surface area contributed by atoms with Crippen molar-refractivity contribution in [3.8, 4) is 0 Å². The van der Waals surface area contributed by atoms with Crippen molar-refractivity contribution >= 4 is 5.91 Å². The minimum absolute atomic E-state index is 0.118. The number of ether oxygens (including phenoxy) is 1. The highest BCUT2D eigenvalue weighted by molar-refractivity contribution is 5.76. The first-order chi connectivity index (χ1) is 8.08. The van der Waals surface area contributed by atoms with E-state index in [-0.39, 0.29) is 11.9 Å². The molecule has 0 saturated carbocycles. The summed E-state index contributed by atoms with van der Waals surface area (Å²) in [6.07, 6.45) is 0. The van der Waals surface area contributed by atoms with Crippen LogP contribution in [0.15, 0.2) is 6.07 Å². The molecule has 17 heavy (non-hydrogen) atoms. The van der Waals surface area contributed by atoms with E-state index in [9.17, 15) is 4.79 Å². The van der Waals surface area contributed by atoms with Crippen LogP contribution in [0.2, 0.25) is 0 Å². The second-order valence-electron chi connectivity index (χ2n) is 4.60. The molecule has 0 unspecified atom stereocenters. The van der Waals surface area contributed by atoms with Gasteiger partial charge in [0.2, 0.25) is 5.91 Å². The topological polar surface area (TPSA) is 47.4 Å². The summed E-state index contributed by atoms with van der Waals surface area (Å²) in [7, 11) is 0. The average molecular weight is 237 g/mol. The highest BCUT2D eigenvalue weighted by atomic mass is 16.5. The predicted molar refractivity (Wildman–Crippen MR) is 63.7 cm³/mol. The summed E-state index contributed by atoms with van der Waals surface area (Å²) in [5.41, 5.74) is 1.97. The summed E-state index contributed by atoms with van der Waals surface area (Å²) >= 11 is 0. The van der Waals surface area contributed by atoms with Crippen LogP contribution in [0.4, 0.5) is 0 Å². The Kier molecular flexibility index (Phi) is 3.47. The molecule has 5 heteroatoms. The molecule has 0 spiro atoms. The number of rotatable bonds is 2. The van der Waals surface area contributed by atoms with Crippen molar-refractivity contribution < 1.29 is 9.53 Å². The van der Waals surface area contributed by atoms with E-state index < -0.39 is 0 Å². The van der Waals surface area contributed by atoms with Gasteiger partial charge in [0.1, 0.15) is 6.54 Å². The maximum absolute atomic E-state index is 12.1. The van der Waals surface area contributed by atoms with Crippen LogP contribution in [0, 0.1) is 13.8 Å². The van der Waals surface area contributed by atoms with Gasteiger partial charge in [-0.3, -0.25) is 9.48 Å². The van der Waals surface area contributed by atoms with Gasteiger partial charge in [-0.15, -0.1) is 0 Å². The van der Waals surface area contributed by atoms with Crippen LogP contribution in [0.1, 0.15) is 18.3 Å². The third kappa shape index (κ3) is 2.66. The zero-order valence-corrected chi connectivity index (χ0v) is 10.6. The van der Waals surface area contributed by atoms with E-state index in [1.165, 1.54) is 0 Å². The molecule has 0 aromatic carbocycles. The Bertz CT molecular complexity index is 414. The molecule has 1 saturated heterocycles. The first-order valence-electron chi connectivity index (χ1n) is 5.96. The maximum atomic E-state index is 12.1. The molecule has 1 fully saturated rings. The number of amides is 1. The Labute approximate surface area is 101 Å². The summed E-state index contributed by atoms with van der Waals surface area (Å²) in [5.74, 6) is 0.118. The van der Waals surface area contributed by atoms with E-state index >= 15 is 0 Å². The summed E-state index contributed by atoms with van der Waals surface area (Å²) in [6.45, 7) is 8.18. The third-order valence-corrected chi connectivity index (χ3v) is 3.08. The number of aryl methyl sites for hydroxylation is 2. The largest absolute Gasteiger partial charge is 0.377 e. The molecule has 0 aliphatic carbocycles. The standard InChI is InChI=1S/C12H19N3O2/c1-9-6-10(2)15(13-9)7-12(16)14-4-5-17-8-11(14)3/h6,11H,4-5,7-8H2,1-3H3/t11-/m1/s1. The molecule has 1 aliphatic rings. The first-order valence-corrected chi connectivity index (χ1v) is 5.96. The highest BCUT2D eigenvalue weighted by Gasteiger charge is 2.24. The number of morpholine rings is 1. The summed E-state index contributed by atoms with van der Waals surface area (Å²) < 4.78 is 7.09. The van der Waals surface area contributed by atoms with Gasteiger partial charge in [0.15, 0.2) is 0 Å². The van der Waals surface area contributed by atoms with Gasteiger partial charge < -0.3 is 9.64 Å². The lowest BCUT2D eigenvalue weighted by Gasteiger charge is -2.33. The summed E-state index contributed by atoms with van der Waals surface area (Å²) in [6, 6.07) is 2.14. The number of carbonyl (C=O) groups excluding carboxylic acids is 1. The normalized spacial score (nSPS) is 20.6. The Morgan fingerprint density at radius 1 is 1.59 bits per heavy atom. The molecule has 1 atom stereocenters. The second kappa shape index (κ2) is 4.87. The van der Waals surface area contributed by atoms with Crippen LogP contribution in [-0.2, 0) is 16.1 Å². The minimum Gasteiger partial charge on any atom is -0.377 e. The quantitative estimate of drug-likeness (QED) is 0.762. The van der Waals surface area contributed by atoms with E-state index in [2.05, 4.69) is 5.10 Å². The van der Waals surface area contributed by atoms with Gasteiger partial charge in [-0.25, -0.2) is 0 Å². The monoisotopic (exact) mass is 237 g/mol. The Hall–Kier alpha value is -1.36. The number of nitrogens with zero attached hydrogens (tertiary/aromatic N) is 3. The lowest BCUT2D eigenvalue weighted by molar-refractivity contribution is -0.140. The highest BCUT2D eigenvalue weighted by Crippen LogP contribution is 2.09. The molecule has 0 N–H and O–H groups in total. The van der Waals surface area contributed by atoms with Gasteiger partial charge in [0.05, 0.1) is 24.9 Å². The smallest absolute Gasteiger partial charge is 0.244 e. The van der Waals surface area contributed by atoms with E-state index in [4.69, 9.17) is 4.74 Å². The molecule has 5 nitrogen and oxygen atoms in total. The minimum atomic E-state index is 0.118. The number of hydrogen-bond donors (Lipinski definition) is 0. The molecule has 1 aromatic rings. The van der Waals surface area contributed by atoms with Crippen molar-refractivity contribution in [2.24, 2.45) is 0 Å². The van der Waals surface area contributed by atoms with Crippen molar-refractivity contribution in [1.82, 2.24) is 14.7 Å². The van der Waals surface area contributed by atoms with Crippen molar-refractivity contribution in [2.75, 3.05) is 19.8 Å². The van der Waals surface area contributed by atoms with Crippen molar-refractivity contribution in [3.05, 3.63) is 17.5 Å². The van der Waals surface area contributed by atoms with Crippen molar-refractivity contribution in [1.29, 1.82) is 0 Å². The molecule has 94 valence electrons. The van der Waals surface area contributed by atoms with Gasteiger partial charge in [-0.2, -0.15) is 5.10 Å². The molecule has 2 heterocycles. The molecule has 0 bridgehead atoms. The molecule has 1 aromatic heterocycles. The van der Waals surface area contributed by atoms with Crippen molar-refractivity contribution in [2.45, 2.75) is 33.4 Å². The van der Waals surface area contributed by atoms with Gasteiger partial charge >= 0.3 is 0 Å². The van der Waals surface area contributed by atoms with Gasteiger partial charge in [0.25, 0.3) is 0 Å². The Balaban J connectivity index is 2.03. The third-order valence-electron chi connectivity index (χ3n) is 3.08. The fourth-order valence-corrected chi connectivity index (χ4v) is 2.15. The van der Waals surface area contributed by atoms with E-state index in [1.54, 1.807) is 4.68 Å². The average Bonchev–Trinajstić information content (AvgIpc) is 2.58. The molecule has 1 aliphatic heterocycles. The predicted octanol–water partition coefficient (Wildman–Crippen LogP) is 0.747. The van der Waals surface area contributed by atoms with Crippen LogP contribution in [-0.4, -0.2) is 46.4 Å². The van der Waals surface area contributed by atoms with Gasteiger partial charge in [-0.05, 0) is 26.8 Å². The molecule has 2 rings (SSSR count). The van der Waals surface area contributed by atoms with Crippen LogP contribution in [0.3, 0.4) is 0 Å². The summed E-state index contributed by atoms with van der Waals surface area (Å²) in [4.78, 5) is 14.0. The van der Waals surface area contributed by atoms with Crippen LogP contribution < -0.4 is 0 Å². The maximum Gasteiger partial charge on any atom is 0.244 e. The zero-order chi connectivity index (χ0) is 12.4.